The van der Waals surface area contributed by atoms with Gasteiger partial charge in [-0.2, -0.15) is 0 Å². The molecule has 1 unspecified atom stereocenters. The molecule has 4 aromatic rings. The number of phenols is 1. The van der Waals surface area contributed by atoms with Crippen LogP contribution in [0.25, 0.3) is 21.9 Å². The lowest BCUT2D eigenvalue weighted by molar-refractivity contribution is 0.230. The van der Waals surface area contributed by atoms with Gasteiger partial charge < -0.3 is 14.7 Å². The second-order valence-corrected chi connectivity index (χ2v) is 9.94. The van der Waals surface area contributed by atoms with Gasteiger partial charge in [0.1, 0.15) is 11.5 Å². The molecule has 1 saturated heterocycles. The maximum absolute atomic E-state index is 10.2. The van der Waals surface area contributed by atoms with Crippen LogP contribution < -0.4 is 4.74 Å². The van der Waals surface area contributed by atoms with E-state index in [1.807, 2.05) is 6.07 Å². The van der Waals surface area contributed by atoms with Gasteiger partial charge >= 0.3 is 0 Å². The van der Waals surface area contributed by atoms with Gasteiger partial charge in [-0.05, 0) is 96.4 Å². The van der Waals surface area contributed by atoms with E-state index in [-0.39, 0.29) is 5.75 Å². The summed E-state index contributed by atoms with van der Waals surface area (Å²) in [4.78, 5) is 2.56. The molecule has 0 bridgehead atoms. The van der Waals surface area contributed by atoms with E-state index >= 15 is 0 Å². The lowest BCUT2D eigenvalue weighted by Gasteiger charge is -2.20. The third-order valence-corrected chi connectivity index (χ3v) is 7.47. The molecule has 1 aliphatic rings. The van der Waals surface area contributed by atoms with Crippen LogP contribution in [-0.4, -0.2) is 35.7 Å². The summed E-state index contributed by atoms with van der Waals surface area (Å²) < 4.78 is 6.03. The Kier molecular flexibility index (Phi) is 7.26. The lowest BCUT2D eigenvalue weighted by Crippen LogP contribution is -2.28. The van der Waals surface area contributed by atoms with E-state index in [0.717, 1.165) is 42.9 Å². The first-order chi connectivity index (χ1) is 17.1. The van der Waals surface area contributed by atoms with Crippen LogP contribution >= 0.6 is 11.6 Å². The standard InChI is InChI=1S/C31H32ClNO2/c1-22-6-4-17-33(22)18-5-19-35-26-13-9-23(10-14-26)20-29-27-8-3-2-7-24(27)11-15-28(29)25-12-16-30(32)31(34)21-25/h2-3,7-16,21-22,34H,4-6,17-20H2,1H3. The van der Waals surface area contributed by atoms with Crippen molar-refractivity contribution in [2.24, 2.45) is 0 Å². The maximum Gasteiger partial charge on any atom is 0.134 e. The van der Waals surface area contributed by atoms with Crippen LogP contribution in [-0.2, 0) is 6.42 Å². The molecule has 0 aliphatic carbocycles. The fourth-order valence-electron chi connectivity index (χ4n) is 5.17. The third-order valence-electron chi connectivity index (χ3n) is 7.15. The molecular formula is C31H32ClNO2. The minimum absolute atomic E-state index is 0.101. The highest BCUT2D eigenvalue weighted by atomic mass is 35.5. The average molecular weight is 486 g/mol. The Morgan fingerprint density at radius 3 is 2.60 bits per heavy atom. The Hall–Kier alpha value is -3.01. The Bertz CT molecular complexity index is 1300. The van der Waals surface area contributed by atoms with Gasteiger partial charge in [0.05, 0.1) is 11.6 Å². The molecule has 5 rings (SSSR count). The summed E-state index contributed by atoms with van der Waals surface area (Å²) in [7, 11) is 0. The molecule has 1 atom stereocenters. The molecule has 3 nitrogen and oxygen atoms in total. The van der Waals surface area contributed by atoms with Gasteiger partial charge in [0.25, 0.3) is 0 Å². The van der Waals surface area contributed by atoms with Crippen LogP contribution in [0.3, 0.4) is 0 Å². The SMILES string of the molecule is CC1CCCN1CCCOc1ccc(Cc2c(-c3ccc(Cl)c(O)c3)ccc3ccccc23)cc1. The number of benzene rings is 4. The maximum atomic E-state index is 10.2. The Labute approximate surface area is 212 Å². The van der Waals surface area contributed by atoms with E-state index in [4.69, 9.17) is 16.3 Å². The summed E-state index contributed by atoms with van der Waals surface area (Å²) in [6.45, 7) is 5.41. The zero-order valence-corrected chi connectivity index (χ0v) is 21.0. The number of hydrogen-bond donors (Lipinski definition) is 1. The number of phenolic OH excluding ortho intramolecular Hbond substituents is 1. The smallest absolute Gasteiger partial charge is 0.134 e. The van der Waals surface area contributed by atoms with Crippen molar-refractivity contribution in [2.75, 3.05) is 19.7 Å². The summed E-state index contributed by atoms with van der Waals surface area (Å²) in [6.07, 6.45) is 4.48. The van der Waals surface area contributed by atoms with Crippen LogP contribution in [0.4, 0.5) is 0 Å². The first-order valence-electron chi connectivity index (χ1n) is 12.5. The molecule has 1 heterocycles. The van der Waals surface area contributed by atoms with Crippen molar-refractivity contribution in [1.29, 1.82) is 0 Å². The van der Waals surface area contributed by atoms with E-state index in [0.29, 0.717) is 11.1 Å². The van der Waals surface area contributed by atoms with Crippen molar-refractivity contribution in [3.8, 4) is 22.6 Å². The Morgan fingerprint density at radius 2 is 1.83 bits per heavy atom. The van der Waals surface area contributed by atoms with Gasteiger partial charge in [0.2, 0.25) is 0 Å². The van der Waals surface area contributed by atoms with Crippen LogP contribution in [0.2, 0.25) is 5.02 Å². The Balaban J connectivity index is 1.32. The molecule has 0 spiro atoms. The highest BCUT2D eigenvalue weighted by Crippen LogP contribution is 2.35. The molecule has 35 heavy (non-hydrogen) atoms. The van der Waals surface area contributed by atoms with Crippen molar-refractivity contribution in [3.63, 3.8) is 0 Å². The van der Waals surface area contributed by atoms with E-state index in [1.165, 1.54) is 41.3 Å². The average Bonchev–Trinajstić information content (AvgIpc) is 3.29. The van der Waals surface area contributed by atoms with Crippen LogP contribution in [0, 0.1) is 0 Å². The van der Waals surface area contributed by atoms with Crippen molar-refractivity contribution >= 4 is 22.4 Å². The molecule has 1 N–H and O–H groups in total. The number of nitrogens with zero attached hydrogens (tertiary/aromatic N) is 1. The van der Waals surface area contributed by atoms with Gasteiger partial charge in [-0.25, -0.2) is 0 Å². The number of fused-ring (bicyclic) bond motifs is 1. The summed E-state index contributed by atoms with van der Waals surface area (Å²) in [5.74, 6) is 1.02. The number of likely N-dealkylation sites (tertiary alicyclic amines) is 1. The molecular weight excluding hydrogens is 454 g/mol. The minimum atomic E-state index is 0.101. The summed E-state index contributed by atoms with van der Waals surface area (Å²) >= 11 is 6.07. The van der Waals surface area contributed by atoms with E-state index < -0.39 is 0 Å². The largest absolute Gasteiger partial charge is 0.506 e. The highest BCUT2D eigenvalue weighted by Gasteiger charge is 2.19. The number of aromatic hydroxyl groups is 1. The molecule has 4 aromatic carbocycles. The van der Waals surface area contributed by atoms with E-state index in [1.54, 1.807) is 12.1 Å². The first-order valence-corrected chi connectivity index (χ1v) is 12.9. The summed E-state index contributed by atoms with van der Waals surface area (Å²) in [5.41, 5.74) is 4.52. The molecule has 4 heteroatoms. The van der Waals surface area contributed by atoms with E-state index in [2.05, 4.69) is 72.5 Å². The van der Waals surface area contributed by atoms with Gasteiger partial charge in [0, 0.05) is 12.6 Å². The van der Waals surface area contributed by atoms with Gasteiger partial charge in [-0.1, -0.05) is 66.2 Å². The quantitative estimate of drug-likeness (QED) is 0.259. The molecule has 1 fully saturated rings. The second kappa shape index (κ2) is 10.7. The zero-order valence-electron chi connectivity index (χ0n) is 20.2. The van der Waals surface area contributed by atoms with Crippen molar-refractivity contribution in [1.82, 2.24) is 4.90 Å². The van der Waals surface area contributed by atoms with Gasteiger partial charge in [-0.3, -0.25) is 0 Å². The predicted molar refractivity (Wildman–Crippen MR) is 146 cm³/mol. The van der Waals surface area contributed by atoms with Crippen LogP contribution in [0.1, 0.15) is 37.3 Å². The number of hydrogen-bond acceptors (Lipinski definition) is 3. The predicted octanol–water partition coefficient (Wildman–Crippen LogP) is 7.71. The van der Waals surface area contributed by atoms with Crippen molar-refractivity contribution in [2.45, 2.75) is 38.6 Å². The highest BCUT2D eigenvalue weighted by molar-refractivity contribution is 6.32. The molecule has 180 valence electrons. The number of halogens is 1. The Morgan fingerprint density at radius 1 is 1.00 bits per heavy atom. The van der Waals surface area contributed by atoms with Crippen molar-refractivity contribution < 1.29 is 9.84 Å². The second-order valence-electron chi connectivity index (χ2n) is 9.53. The van der Waals surface area contributed by atoms with Gasteiger partial charge in [-0.15, -0.1) is 0 Å². The molecule has 0 saturated carbocycles. The van der Waals surface area contributed by atoms with Crippen LogP contribution in [0.5, 0.6) is 11.5 Å². The molecule has 0 radical (unpaired) electrons. The number of rotatable bonds is 8. The monoisotopic (exact) mass is 485 g/mol. The molecule has 1 aliphatic heterocycles. The third kappa shape index (κ3) is 5.47. The van der Waals surface area contributed by atoms with Crippen LogP contribution in [0.15, 0.2) is 78.9 Å². The fraction of sp³-hybridized carbons (Fsp3) is 0.290. The lowest BCUT2D eigenvalue weighted by atomic mass is 9.90. The molecule has 0 aromatic heterocycles. The van der Waals surface area contributed by atoms with Crippen molar-refractivity contribution in [3.05, 3.63) is 95.0 Å². The fourth-order valence-corrected chi connectivity index (χ4v) is 5.28. The normalized spacial score (nSPS) is 16.1. The molecule has 0 amide bonds. The number of ether oxygens (including phenoxy) is 1. The summed E-state index contributed by atoms with van der Waals surface area (Å²) in [6, 6.07) is 27.4. The van der Waals surface area contributed by atoms with Gasteiger partial charge in [0.15, 0.2) is 0 Å². The first kappa shape index (κ1) is 23.7. The van der Waals surface area contributed by atoms with E-state index in [9.17, 15) is 5.11 Å². The topological polar surface area (TPSA) is 32.7 Å². The summed E-state index contributed by atoms with van der Waals surface area (Å²) in [5, 5.41) is 13.0. The minimum Gasteiger partial charge on any atom is -0.506 e. The zero-order chi connectivity index (χ0) is 24.2.